The minimum absolute atomic E-state index is 0.0537. The summed E-state index contributed by atoms with van der Waals surface area (Å²) in [6, 6.07) is 0.347. The van der Waals surface area contributed by atoms with Crippen molar-refractivity contribution >= 4 is 11.6 Å². The second-order valence-corrected chi connectivity index (χ2v) is 8.38. The molecular weight excluding hydrogens is 308 g/mol. The van der Waals surface area contributed by atoms with Gasteiger partial charge in [-0.25, -0.2) is 9.97 Å². The molecule has 4 heteroatoms. The van der Waals surface area contributed by atoms with E-state index in [0.29, 0.717) is 6.04 Å². The van der Waals surface area contributed by atoms with E-state index >= 15 is 0 Å². The quantitative estimate of drug-likeness (QED) is 0.734. The molecule has 0 spiro atoms. The fourth-order valence-corrected chi connectivity index (χ4v) is 4.87. The molecule has 1 aromatic heterocycles. The average molecular weight is 336 g/mol. The molecule has 0 amide bonds. The predicted molar refractivity (Wildman–Crippen MR) is 103 cm³/mol. The standard InChI is InChI=1S/C21H28N4/c1-7-21(6)15-10-8-9-11-16(15)25-18-17(22-12-13-23-18)24(14(2)3)19(25)20(21,4)5/h7-8,10,12-14,19H,1,9,11H2,2-6H3. The highest BCUT2D eigenvalue weighted by Gasteiger charge is 2.59. The maximum Gasteiger partial charge on any atom is 0.178 e. The lowest BCUT2D eigenvalue weighted by molar-refractivity contribution is 0.122. The Balaban J connectivity index is 2.04. The summed E-state index contributed by atoms with van der Waals surface area (Å²) in [5, 5.41) is 0. The van der Waals surface area contributed by atoms with E-state index in [1.54, 1.807) is 0 Å². The smallest absolute Gasteiger partial charge is 0.178 e. The van der Waals surface area contributed by atoms with Crippen LogP contribution in [0.25, 0.3) is 0 Å². The Hall–Kier alpha value is -2.10. The van der Waals surface area contributed by atoms with Crippen LogP contribution in [0, 0.1) is 10.8 Å². The molecule has 3 heterocycles. The molecule has 0 aromatic carbocycles. The Bertz CT molecular complexity index is 789. The molecule has 2 aliphatic heterocycles. The number of rotatable bonds is 2. The first kappa shape index (κ1) is 16.4. The first-order valence-corrected chi connectivity index (χ1v) is 9.27. The predicted octanol–water partition coefficient (Wildman–Crippen LogP) is 4.67. The summed E-state index contributed by atoms with van der Waals surface area (Å²) in [6.07, 6.45) is 12.7. The summed E-state index contributed by atoms with van der Waals surface area (Å²) in [4.78, 5) is 14.4. The molecule has 1 aromatic rings. The molecule has 1 aliphatic carbocycles. The van der Waals surface area contributed by atoms with Gasteiger partial charge in [0.25, 0.3) is 0 Å². The van der Waals surface area contributed by atoms with E-state index in [-0.39, 0.29) is 17.0 Å². The van der Waals surface area contributed by atoms with Crippen LogP contribution in [0.1, 0.15) is 47.5 Å². The molecular formula is C21H28N4. The minimum Gasteiger partial charge on any atom is -0.330 e. The summed E-state index contributed by atoms with van der Waals surface area (Å²) in [7, 11) is 0. The van der Waals surface area contributed by atoms with E-state index < -0.39 is 0 Å². The van der Waals surface area contributed by atoms with Gasteiger partial charge in [-0.1, -0.05) is 39.0 Å². The van der Waals surface area contributed by atoms with Crippen LogP contribution in [-0.2, 0) is 0 Å². The highest BCUT2D eigenvalue weighted by Crippen LogP contribution is 2.61. The molecule has 4 rings (SSSR count). The van der Waals surface area contributed by atoms with Crippen LogP contribution in [0.4, 0.5) is 11.6 Å². The molecule has 0 N–H and O–H groups in total. The highest BCUT2D eigenvalue weighted by atomic mass is 15.5. The van der Waals surface area contributed by atoms with Gasteiger partial charge in [0.2, 0.25) is 0 Å². The molecule has 132 valence electrons. The number of allylic oxidation sites excluding steroid dienone is 5. The SMILES string of the molecule is C=CC1(C)C2=C(CCC=C2)N2c3nccnc3N(C(C)C)C2C1(C)C. The zero-order valence-corrected chi connectivity index (χ0v) is 16.0. The Morgan fingerprint density at radius 1 is 1.20 bits per heavy atom. The topological polar surface area (TPSA) is 32.3 Å². The lowest BCUT2D eigenvalue weighted by atomic mass is 9.57. The first-order valence-electron chi connectivity index (χ1n) is 9.27. The molecule has 2 unspecified atom stereocenters. The monoisotopic (exact) mass is 336 g/mol. The van der Waals surface area contributed by atoms with Crippen LogP contribution in [-0.4, -0.2) is 22.2 Å². The van der Waals surface area contributed by atoms with Crippen LogP contribution < -0.4 is 9.80 Å². The highest BCUT2D eigenvalue weighted by molar-refractivity contribution is 5.76. The third kappa shape index (κ3) is 1.88. The molecule has 0 saturated carbocycles. The van der Waals surface area contributed by atoms with E-state index in [1.165, 1.54) is 11.3 Å². The van der Waals surface area contributed by atoms with Crippen LogP contribution >= 0.6 is 0 Å². The maximum absolute atomic E-state index is 4.74. The van der Waals surface area contributed by atoms with Crippen molar-refractivity contribution in [3.63, 3.8) is 0 Å². The lowest BCUT2D eigenvalue weighted by Crippen LogP contribution is -2.63. The van der Waals surface area contributed by atoms with Gasteiger partial charge in [0.1, 0.15) is 6.17 Å². The molecule has 25 heavy (non-hydrogen) atoms. The number of hydrogen-bond donors (Lipinski definition) is 0. The van der Waals surface area contributed by atoms with Crippen molar-refractivity contribution in [2.75, 3.05) is 9.80 Å². The van der Waals surface area contributed by atoms with Gasteiger partial charge in [-0.05, 0) is 32.3 Å². The van der Waals surface area contributed by atoms with Gasteiger partial charge < -0.3 is 9.80 Å². The molecule has 0 saturated heterocycles. The summed E-state index contributed by atoms with van der Waals surface area (Å²) in [6.45, 7) is 15.8. The summed E-state index contributed by atoms with van der Waals surface area (Å²) >= 11 is 0. The summed E-state index contributed by atoms with van der Waals surface area (Å²) < 4.78 is 0. The summed E-state index contributed by atoms with van der Waals surface area (Å²) in [5.74, 6) is 2.01. The Morgan fingerprint density at radius 3 is 2.52 bits per heavy atom. The maximum atomic E-state index is 4.74. The Morgan fingerprint density at radius 2 is 1.88 bits per heavy atom. The van der Waals surface area contributed by atoms with Crippen molar-refractivity contribution in [3.8, 4) is 0 Å². The fraction of sp³-hybridized carbons (Fsp3) is 0.524. The van der Waals surface area contributed by atoms with Crippen LogP contribution in [0.2, 0.25) is 0 Å². The van der Waals surface area contributed by atoms with Crippen molar-refractivity contribution in [2.24, 2.45) is 10.8 Å². The van der Waals surface area contributed by atoms with Crippen molar-refractivity contribution in [1.82, 2.24) is 9.97 Å². The molecule has 0 radical (unpaired) electrons. The largest absolute Gasteiger partial charge is 0.330 e. The molecule has 3 aliphatic rings. The van der Waals surface area contributed by atoms with E-state index in [0.717, 1.165) is 24.5 Å². The van der Waals surface area contributed by atoms with Crippen LogP contribution in [0.5, 0.6) is 0 Å². The van der Waals surface area contributed by atoms with E-state index in [9.17, 15) is 0 Å². The Kier molecular flexibility index (Phi) is 3.40. The van der Waals surface area contributed by atoms with E-state index in [4.69, 9.17) is 9.97 Å². The van der Waals surface area contributed by atoms with Crippen molar-refractivity contribution in [2.45, 2.75) is 59.7 Å². The third-order valence-electron chi connectivity index (χ3n) is 6.58. The van der Waals surface area contributed by atoms with Gasteiger partial charge >= 0.3 is 0 Å². The van der Waals surface area contributed by atoms with E-state index in [1.807, 2.05) is 12.4 Å². The zero-order chi connectivity index (χ0) is 18.0. The van der Waals surface area contributed by atoms with Gasteiger partial charge in [-0.15, -0.1) is 6.58 Å². The van der Waals surface area contributed by atoms with Gasteiger partial charge in [-0.3, -0.25) is 0 Å². The number of aromatic nitrogens is 2. The summed E-state index contributed by atoms with van der Waals surface area (Å²) in [5.41, 5.74) is 2.62. The molecule has 2 atom stereocenters. The fourth-order valence-electron chi connectivity index (χ4n) is 4.87. The van der Waals surface area contributed by atoms with Gasteiger partial charge in [0.15, 0.2) is 11.6 Å². The zero-order valence-electron chi connectivity index (χ0n) is 16.0. The second-order valence-electron chi connectivity index (χ2n) is 8.38. The molecule has 4 nitrogen and oxygen atoms in total. The Labute approximate surface area is 151 Å². The number of anilines is 2. The number of fused-ring (bicyclic) bond motifs is 4. The molecule has 0 fully saturated rings. The molecule has 0 bridgehead atoms. The van der Waals surface area contributed by atoms with Gasteiger partial charge in [-0.2, -0.15) is 0 Å². The first-order chi connectivity index (χ1) is 11.8. The third-order valence-corrected chi connectivity index (χ3v) is 6.58. The van der Waals surface area contributed by atoms with Crippen molar-refractivity contribution in [1.29, 1.82) is 0 Å². The van der Waals surface area contributed by atoms with Crippen LogP contribution in [0.3, 0.4) is 0 Å². The average Bonchev–Trinajstić information content (AvgIpc) is 2.96. The number of hydrogen-bond acceptors (Lipinski definition) is 4. The van der Waals surface area contributed by atoms with Gasteiger partial charge in [0, 0.05) is 35.0 Å². The van der Waals surface area contributed by atoms with E-state index in [2.05, 4.69) is 69.2 Å². The van der Waals surface area contributed by atoms with Crippen LogP contribution in [0.15, 0.2) is 48.5 Å². The van der Waals surface area contributed by atoms with Gasteiger partial charge in [0.05, 0.1) is 0 Å². The number of nitrogens with zero attached hydrogens (tertiary/aromatic N) is 4. The second kappa shape index (κ2) is 5.20. The lowest BCUT2D eigenvalue weighted by Gasteiger charge is -2.58. The minimum atomic E-state index is -0.102. The van der Waals surface area contributed by atoms with Crippen molar-refractivity contribution < 1.29 is 0 Å². The normalized spacial score (nSPS) is 29.6. The van der Waals surface area contributed by atoms with Crippen molar-refractivity contribution in [3.05, 3.63) is 48.5 Å².